The predicted octanol–water partition coefficient (Wildman–Crippen LogP) is 1.48. The topological polar surface area (TPSA) is 81.9 Å². The molecule has 1 aliphatic carbocycles. The monoisotopic (exact) mass is 369 g/mol. The lowest BCUT2D eigenvalue weighted by molar-refractivity contribution is -0.142. The third-order valence-electron chi connectivity index (χ3n) is 4.73. The van der Waals surface area contributed by atoms with Gasteiger partial charge in [0.05, 0.1) is 13.2 Å². The highest BCUT2D eigenvalue weighted by Gasteiger charge is 2.39. The smallest absolute Gasteiger partial charge is 0.366 e. The van der Waals surface area contributed by atoms with E-state index in [0.717, 1.165) is 12.8 Å². The largest absolute Gasteiger partial charge is 0.433 e. The minimum atomic E-state index is -4.49. The van der Waals surface area contributed by atoms with Gasteiger partial charge in [0.25, 0.3) is 0 Å². The van der Waals surface area contributed by atoms with Crippen LogP contribution in [0.3, 0.4) is 0 Å². The van der Waals surface area contributed by atoms with Crippen LogP contribution in [0.4, 0.5) is 19.1 Å². The van der Waals surface area contributed by atoms with Gasteiger partial charge in [-0.25, -0.2) is 14.6 Å². The van der Waals surface area contributed by atoms with E-state index in [0.29, 0.717) is 44.1 Å². The van der Waals surface area contributed by atoms with Crippen LogP contribution in [-0.4, -0.2) is 49.9 Å². The first-order valence-electron chi connectivity index (χ1n) is 8.49. The molecular weight excluding hydrogens is 351 g/mol. The maximum absolute atomic E-state index is 13.5. The molecule has 0 radical (unpaired) electrons. The fourth-order valence-corrected chi connectivity index (χ4v) is 3.45. The van der Waals surface area contributed by atoms with Crippen LogP contribution in [0.1, 0.15) is 41.7 Å². The molecule has 2 aromatic rings. The summed E-state index contributed by atoms with van der Waals surface area (Å²) in [4.78, 5) is 10.1. The highest BCUT2D eigenvalue weighted by atomic mass is 19.4. The molecule has 0 amide bonds. The van der Waals surface area contributed by atoms with E-state index in [-0.39, 0.29) is 11.5 Å². The molecule has 4 rings (SSSR count). The van der Waals surface area contributed by atoms with Crippen molar-refractivity contribution in [3.8, 4) is 0 Å². The first-order valence-corrected chi connectivity index (χ1v) is 8.49. The van der Waals surface area contributed by atoms with Crippen molar-refractivity contribution in [1.29, 1.82) is 0 Å². The van der Waals surface area contributed by atoms with Crippen LogP contribution in [0, 0.1) is 0 Å². The molecular formula is C15H18F3N7O. The summed E-state index contributed by atoms with van der Waals surface area (Å²) >= 11 is 0. The minimum Gasteiger partial charge on any atom is -0.366 e. The van der Waals surface area contributed by atoms with Crippen LogP contribution in [0.25, 0.3) is 0 Å². The number of hydrogen-bond donors (Lipinski definition) is 0. The van der Waals surface area contributed by atoms with E-state index in [4.69, 9.17) is 4.74 Å². The summed E-state index contributed by atoms with van der Waals surface area (Å²) in [6.45, 7) is 1.04. The van der Waals surface area contributed by atoms with Crippen LogP contribution in [-0.2, 0) is 30.8 Å². The van der Waals surface area contributed by atoms with Gasteiger partial charge in [0.15, 0.2) is 11.5 Å². The van der Waals surface area contributed by atoms with Crippen molar-refractivity contribution in [2.45, 2.75) is 38.0 Å². The molecule has 0 bridgehead atoms. The molecule has 1 aliphatic heterocycles. The number of fused-ring (bicyclic) bond motifs is 1. The van der Waals surface area contributed by atoms with Crippen LogP contribution in [0.15, 0.2) is 0 Å². The molecule has 0 spiro atoms. The molecule has 1 atom stereocenters. The first kappa shape index (κ1) is 17.1. The fourth-order valence-electron chi connectivity index (χ4n) is 3.45. The molecule has 2 aromatic heterocycles. The van der Waals surface area contributed by atoms with Crippen molar-refractivity contribution >= 4 is 5.95 Å². The summed E-state index contributed by atoms with van der Waals surface area (Å²) in [5, 5.41) is 11.3. The third kappa shape index (κ3) is 3.11. The Labute approximate surface area is 147 Å². The van der Waals surface area contributed by atoms with E-state index in [1.54, 1.807) is 11.9 Å². The number of hydrogen-bond acceptors (Lipinski definition) is 7. The van der Waals surface area contributed by atoms with Gasteiger partial charge in [-0.3, -0.25) is 0 Å². The summed E-state index contributed by atoms with van der Waals surface area (Å²) in [7, 11) is 1.69. The number of anilines is 1. The number of tetrazole rings is 1. The maximum atomic E-state index is 13.5. The van der Waals surface area contributed by atoms with Crippen molar-refractivity contribution in [2.75, 3.05) is 24.6 Å². The highest BCUT2D eigenvalue weighted by Crippen LogP contribution is 2.36. The number of halogens is 3. The Morgan fingerprint density at radius 3 is 2.69 bits per heavy atom. The third-order valence-corrected chi connectivity index (χ3v) is 4.73. The second kappa shape index (κ2) is 6.45. The van der Waals surface area contributed by atoms with E-state index in [1.165, 1.54) is 4.68 Å². The van der Waals surface area contributed by atoms with Crippen LogP contribution < -0.4 is 4.90 Å². The van der Waals surface area contributed by atoms with E-state index >= 15 is 0 Å². The van der Waals surface area contributed by atoms with Gasteiger partial charge < -0.3 is 9.64 Å². The quantitative estimate of drug-likeness (QED) is 0.793. The SMILES string of the molecule is Cn1nnnc1C1CN(c2nc3c(c(C(F)(F)F)n2)CCCC3)CCO1. The van der Waals surface area contributed by atoms with Crippen molar-refractivity contribution < 1.29 is 17.9 Å². The average Bonchev–Trinajstić information content (AvgIpc) is 3.06. The minimum absolute atomic E-state index is 0.0985. The highest BCUT2D eigenvalue weighted by molar-refractivity contribution is 5.40. The molecule has 11 heteroatoms. The number of rotatable bonds is 2. The molecule has 0 saturated carbocycles. The van der Waals surface area contributed by atoms with Crippen molar-refractivity contribution in [2.24, 2.45) is 7.05 Å². The molecule has 1 unspecified atom stereocenters. The summed E-state index contributed by atoms with van der Waals surface area (Å²) in [5.74, 6) is 0.616. The van der Waals surface area contributed by atoms with Gasteiger partial charge in [-0.05, 0) is 36.1 Å². The normalized spacial score (nSPS) is 20.9. The van der Waals surface area contributed by atoms with Gasteiger partial charge in [-0.2, -0.15) is 13.2 Å². The summed E-state index contributed by atoms with van der Waals surface area (Å²) in [6, 6.07) is 0. The lowest BCUT2D eigenvalue weighted by Gasteiger charge is -2.33. The van der Waals surface area contributed by atoms with Gasteiger partial charge in [0.2, 0.25) is 5.95 Å². The number of alkyl halides is 3. The standard InChI is InChI=1S/C15H18F3N7O/c1-24-13(21-22-23-24)11-8-25(6-7-26-11)14-19-10-5-3-2-4-9(10)12(20-14)15(16,17)18/h11H,2-8H2,1H3. The molecule has 140 valence electrons. The van der Waals surface area contributed by atoms with Crippen molar-refractivity contribution in [3.05, 3.63) is 22.8 Å². The maximum Gasteiger partial charge on any atom is 0.433 e. The fraction of sp³-hybridized carbons (Fsp3) is 0.667. The van der Waals surface area contributed by atoms with E-state index in [1.807, 2.05) is 0 Å². The molecule has 8 nitrogen and oxygen atoms in total. The molecule has 26 heavy (non-hydrogen) atoms. The average molecular weight is 369 g/mol. The summed E-state index contributed by atoms with van der Waals surface area (Å²) in [5.41, 5.74) is -0.0488. The number of aromatic nitrogens is 6. The van der Waals surface area contributed by atoms with E-state index in [9.17, 15) is 13.2 Å². The first-order chi connectivity index (χ1) is 12.4. The van der Waals surface area contributed by atoms with Crippen molar-refractivity contribution in [1.82, 2.24) is 30.2 Å². The molecule has 2 aliphatic rings. The molecule has 1 saturated heterocycles. The van der Waals surface area contributed by atoms with Gasteiger partial charge >= 0.3 is 6.18 Å². The molecule has 0 aromatic carbocycles. The summed E-state index contributed by atoms with van der Waals surface area (Å²) < 4.78 is 47.7. The number of ether oxygens (including phenoxy) is 1. The van der Waals surface area contributed by atoms with E-state index < -0.39 is 18.0 Å². The van der Waals surface area contributed by atoms with Gasteiger partial charge in [0.1, 0.15) is 6.10 Å². The Bertz CT molecular complexity index is 807. The number of nitrogens with zero attached hydrogens (tertiary/aromatic N) is 7. The van der Waals surface area contributed by atoms with Crippen molar-refractivity contribution in [3.63, 3.8) is 0 Å². The molecule has 1 fully saturated rings. The number of aryl methyl sites for hydroxylation is 2. The number of morpholine rings is 1. The molecule has 3 heterocycles. The van der Waals surface area contributed by atoms with Crippen LogP contribution >= 0.6 is 0 Å². The van der Waals surface area contributed by atoms with Crippen LogP contribution in [0.2, 0.25) is 0 Å². The Morgan fingerprint density at radius 1 is 1.15 bits per heavy atom. The van der Waals surface area contributed by atoms with Gasteiger partial charge in [0, 0.05) is 24.8 Å². The van der Waals surface area contributed by atoms with Gasteiger partial charge in [-0.1, -0.05) is 0 Å². The lowest BCUT2D eigenvalue weighted by atomic mass is 9.94. The second-order valence-corrected chi connectivity index (χ2v) is 6.47. The zero-order valence-corrected chi connectivity index (χ0v) is 14.2. The van der Waals surface area contributed by atoms with E-state index in [2.05, 4.69) is 25.5 Å². The lowest BCUT2D eigenvalue weighted by Crippen LogP contribution is -2.41. The van der Waals surface area contributed by atoms with Crippen LogP contribution in [0.5, 0.6) is 0 Å². The second-order valence-electron chi connectivity index (χ2n) is 6.47. The zero-order chi connectivity index (χ0) is 18.3. The predicted molar refractivity (Wildman–Crippen MR) is 83.4 cm³/mol. The Hall–Kier alpha value is -2.30. The zero-order valence-electron chi connectivity index (χ0n) is 14.2. The van der Waals surface area contributed by atoms with Gasteiger partial charge in [-0.15, -0.1) is 5.10 Å². The molecule has 0 N–H and O–H groups in total. The Balaban J connectivity index is 1.68. The summed E-state index contributed by atoms with van der Waals surface area (Å²) in [6.07, 6.45) is -2.43. The Kier molecular flexibility index (Phi) is 4.25. The Morgan fingerprint density at radius 2 is 1.96 bits per heavy atom.